The van der Waals surface area contributed by atoms with Crippen LogP contribution in [0.3, 0.4) is 0 Å². The maximum atomic E-state index is 12.4. The number of nitrogens with zero attached hydrogens (tertiary/aromatic N) is 1. The largest absolute Gasteiger partial charge is 0.296 e. The van der Waals surface area contributed by atoms with E-state index >= 15 is 0 Å². The average Bonchev–Trinajstić information content (AvgIpc) is 2.64. The normalized spacial score (nSPS) is 10.9. The van der Waals surface area contributed by atoms with Crippen LogP contribution in [0.4, 0.5) is 5.95 Å². The van der Waals surface area contributed by atoms with E-state index < -0.39 is 0 Å². The number of benzene rings is 1. The highest BCUT2D eigenvalue weighted by Crippen LogP contribution is 2.12. The predicted molar refractivity (Wildman–Crippen MR) is 107 cm³/mol. The number of carbonyl (C=O) groups is 2. The van der Waals surface area contributed by atoms with Gasteiger partial charge in [0.1, 0.15) is 0 Å². The molecule has 2 aromatic rings. The van der Waals surface area contributed by atoms with Crippen LogP contribution in [0.2, 0.25) is 0 Å². The highest BCUT2D eigenvalue weighted by molar-refractivity contribution is 6.29. The molecule has 0 unspecified atom stereocenters. The predicted octanol–water partition coefficient (Wildman–Crippen LogP) is 3.11. The second-order valence-electron chi connectivity index (χ2n) is 6.09. The van der Waals surface area contributed by atoms with E-state index in [2.05, 4.69) is 27.4 Å². The van der Waals surface area contributed by atoms with Gasteiger partial charge < -0.3 is 0 Å². The molecule has 0 aliphatic rings. The average molecular weight is 388 g/mol. The maximum absolute atomic E-state index is 12.4. The Balaban J connectivity index is 2.14. The zero-order valence-electron chi connectivity index (χ0n) is 15.1. The van der Waals surface area contributed by atoms with Crippen molar-refractivity contribution < 1.29 is 9.59 Å². The van der Waals surface area contributed by atoms with Gasteiger partial charge >= 0.3 is 0 Å². The molecule has 0 aliphatic carbocycles. The molecule has 1 aromatic heterocycles. The Labute approximate surface area is 162 Å². The van der Waals surface area contributed by atoms with E-state index in [-0.39, 0.29) is 29.1 Å². The summed E-state index contributed by atoms with van der Waals surface area (Å²) in [6.45, 7) is 1.32. The van der Waals surface area contributed by atoms with E-state index in [0.717, 1.165) is 19.3 Å². The van der Waals surface area contributed by atoms with Crippen LogP contribution in [0, 0.1) is 0 Å². The van der Waals surface area contributed by atoms with Crippen LogP contribution in [0.25, 0.3) is 6.08 Å². The number of carbonyl (C=O) groups excluding carboxylic acids is 2. The summed E-state index contributed by atoms with van der Waals surface area (Å²) in [5, 5.41) is 2.45. The SMILES string of the molecule is CC(=O)Nc1nc(C=CC(=O)CCl)c(CCCCc2ccccc2)c(=O)[nH]1. The van der Waals surface area contributed by atoms with Crippen molar-refractivity contribution in [2.45, 2.75) is 32.6 Å². The molecule has 1 amide bonds. The third-order valence-corrected chi connectivity index (χ3v) is 4.15. The molecule has 0 aliphatic heterocycles. The molecule has 7 heteroatoms. The van der Waals surface area contributed by atoms with Crippen molar-refractivity contribution in [2.24, 2.45) is 0 Å². The van der Waals surface area contributed by atoms with E-state index in [1.165, 1.54) is 24.6 Å². The molecule has 2 rings (SSSR count). The smallest absolute Gasteiger partial charge is 0.256 e. The number of ketones is 1. The third-order valence-electron chi connectivity index (χ3n) is 3.89. The lowest BCUT2D eigenvalue weighted by Crippen LogP contribution is -2.21. The van der Waals surface area contributed by atoms with E-state index in [0.29, 0.717) is 17.7 Å². The molecule has 0 radical (unpaired) electrons. The number of halogens is 1. The number of amides is 1. The van der Waals surface area contributed by atoms with E-state index in [9.17, 15) is 14.4 Å². The number of allylic oxidation sites excluding steroid dienone is 1. The van der Waals surface area contributed by atoms with Crippen LogP contribution in [-0.2, 0) is 22.4 Å². The highest BCUT2D eigenvalue weighted by atomic mass is 35.5. The van der Waals surface area contributed by atoms with Gasteiger partial charge in [0.15, 0.2) is 5.78 Å². The fraction of sp³-hybridized carbons (Fsp3) is 0.300. The van der Waals surface area contributed by atoms with Crippen LogP contribution >= 0.6 is 11.6 Å². The summed E-state index contributed by atoms with van der Waals surface area (Å²) in [7, 11) is 0. The summed E-state index contributed by atoms with van der Waals surface area (Å²) in [5.41, 5.74) is 1.77. The monoisotopic (exact) mass is 387 g/mol. The quantitative estimate of drug-likeness (QED) is 0.393. The number of unbranched alkanes of at least 4 members (excludes halogenated alkanes) is 1. The first-order valence-corrected chi connectivity index (χ1v) is 9.24. The lowest BCUT2D eigenvalue weighted by atomic mass is 10.0. The summed E-state index contributed by atoms with van der Waals surface area (Å²) >= 11 is 5.50. The van der Waals surface area contributed by atoms with Crippen molar-refractivity contribution in [1.82, 2.24) is 9.97 Å². The van der Waals surface area contributed by atoms with Crippen molar-refractivity contribution in [3.63, 3.8) is 0 Å². The van der Waals surface area contributed by atoms with Crippen molar-refractivity contribution in [3.05, 3.63) is 63.6 Å². The van der Waals surface area contributed by atoms with Gasteiger partial charge in [-0.3, -0.25) is 24.7 Å². The second-order valence-corrected chi connectivity index (χ2v) is 6.35. The number of nitrogens with one attached hydrogen (secondary N) is 2. The topological polar surface area (TPSA) is 91.9 Å². The highest BCUT2D eigenvalue weighted by Gasteiger charge is 2.11. The van der Waals surface area contributed by atoms with Gasteiger partial charge in [-0.15, -0.1) is 11.6 Å². The lowest BCUT2D eigenvalue weighted by molar-refractivity contribution is -0.114. The molecule has 0 fully saturated rings. The molecule has 142 valence electrons. The number of aromatic nitrogens is 2. The van der Waals surface area contributed by atoms with Gasteiger partial charge in [-0.1, -0.05) is 30.3 Å². The molecule has 0 saturated carbocycles. The number of hydrogen-bond donors (Lipinski definition) is 2. The fourth-order valence-corrected chi connectivity index (χ4v) is 2.70. The molecule has 2 N–H and O–H groups in total. The van der Waals surface area contributed by atoms with Crippen LogP contribution in [0.1, 0.15) is 36.6 Å². The zero-order valence-corrected chi connectivity index (χ0v) is 15.9. The van der Waals surface area contributed by atoms with E-state index in [1.807, 2.05) is 18.2 Å². The van der Waals surface area contributed by atoms with Gasteiger partial charge in [0.05, 0.1) is 11.6 Å². The Morgan fingerprint density at radius 3 is 2.56 bits per heavy atom. The number of hydrogen-bond acceptors (Lipinski definition) is 4. The van der Waals surface area contributed by atoms with Crippen LogP contribution in [-0.4, -0.2) is 27.5 Å². The first-order chi connectivity index (χ1) is 13.0. The van der Waals surface area contributed by atoms with Crippen molar-refractivity contribution in [2.75, 3.05) is 11.2 Å². The van der Waals surface area contributed by atoms with Gasteiger partial charge in [-0.2, -0.15) is 0 Å². The number of aromatic amines is 1. The fourth-order valence-electron chi connectivity index (χ4n) is 2.61. The van der Waals surface area contributed by atoms with E-state index in [1.54, 1.807) is 0 Å². The summed E-state index contributed by atoms with van der Waals surface area (Å²) in [5.74, 6) is -0.723. The number of aryl methyl sites for hydroxylation is 1. The van der Waals surface area contributed by atoms with Gasteiger partial charge in [0.2, 0.25) is 11.9 Å². The van der Waals surface area contributed by atoms with E-state index in [4.69, 9.17) is 11.6 Å². The summed E-state index contributed by atoms with van der Waals surface area (Å²) in [6, 6.07) is 10.1. The molecule has 6 nitrogen and oxygen atoms in total. The minimum absolute atomic E-state index is 0.0542. The first kappa shape index (κ1) is 20.6. The molecule has 0 spiro atoms. The Morgan fingerprint density at radius 1 is 1.19 bits per heavy atom. The molecular weight excluding hydrogens is 366 g/mol. The van der Waals surface area contributed by atoms with Crippen LogP contribution in [0.5, 0.6) is 0 Å². The zero-order chi connectivity index (χ0) is 19.6. The van der Waals surface area contributed by atoms with Gasteiger partial charge in [0.25, 0.3) is 5.56 Å². The van der Waals surface area contributed by atoms with Crippen molar-refractivity contribution in [1.29, 1.82) is 0 Å². The Morgan fingerprint density at radius 2 is 1.89 bits per heavy atom. The molecule has 0 saturated heterocycles. The molecule has 1 heterocycles. The number of H-pyrrole nitrogens is 1. The van der Waals surface area contributed by atoms with Crippen molar-refractivity contribution >= 4 is 35.3 Å². The Kier molecular flexibility index (Phi) is 7.95. The molecule has 0 bridgehead atoms. The van der Waals surface area contributed by atoms with Crippen molar-refractivity contribution in [3.8, 4) is 0 Å². The molecule has 0 atom stereocenters. The lowest BCUT2D eigenvalue weighted by Gasteiger charge is -2.08. The summed E-state index contributed by atoms with van der Waals surface area (Å²) in [6.07, 6.45) is 5.91. The minimum atomic E-state index is -0.347. The second kappa shape index (κ2) is 10.4. The van der Waals surface area contributed by atoms with Gasteiger partial charge in [0, 0.05) is 12.5 Å². The standard InChI is InChI=1S/C20H22ClN3O3/c1-14(25)22-20-23-18(12-11-16(26)13-21)17(19(27)24-20)10-6-5-9-15-7-3-2-4-8-15/h2-4,7-8,11-12H,5-6,9-10,13H2,1H3,(H2,22,23,24,25,27). The number of alkyl halides is 1. The molecule has 27 heavy (non-hydrogen) atoms. The summed E-state index contributed by atoms with van der Waals surface area (Å²) in [4.78, 5) is 41.9. The third kappa shape index (κ3) is 6.83. The number of rotatable bonds is 9. The Bertz CT molecular complexity index is 876. The van der Waals surface area contributed by atoms with Crippen LogP contribution in [0.15, 0.2) is 41.2 Å². The number of anilines is 1. The van der Waals surface area contributed by atoms with Gasteiger partial charge in [-0.05, 0) is 43.4 Å². The summed E-state index contributed by atoms with van der Waals surface area (Å²) < 4.78 is 0. The van der Waals surface area contributed by atoms with Crippen LogP contribution < -0.4 is 10.9 Å². The molecule has 1 aromatic carbocycles. The van der Waals surface area contributed by atoms with Gasteiger partial charge in [-0.25, -0.2) is 4.98 Å². The molecular formula is C20H22ClN3O3. The first-order valence-electron chi connectivity index (χ1n) is 8.71. The minimum Gasteiger partial charge on any atom is -0.296 e. The maximum Gasteiger partial charge on any atom is 0.256 e. The Hall–Kier alpha value is -2.73.